The Labute approximate surface area is 156 Å². The van der Waals surface area contributed by atoms with Crippen LogP contribution in [0, 0.1) is 0 Å². The van der Waals surface area contributed by atoms with Gasteiger partial charge in [-0.15, -0.1) is 10.2 Å². The van der Waals surface area contributed by atoms with E-state index in [4.69, 9.17) is 9.47 Å². The lowest BCUT2D eigenvalue weighted by molar-refractivity contribution is 0.101. The van der Waals surface area contributed by atoms with Crippen molar-refractivity contribution in [2.24, 2.45) is 7.05 Å². The number of nitrogens with zero attached hydrogens (tertiary/aromatic N) is 3. The summed E-state index contributed by atoms with van der Waals surface area (Å²) in [7, 11) is 5.05. The molecule has 0 saturated carbocycles. The van der Waals surface area contributed by atoms with Crippen molar-refractivity contribution in [3.8, 4) is 22.9 Å². The van der Waals surface area contributed by atoms with Crippen LogP contribution in [0.5, 0.6) is 11.5 Å². The summed E-state index contributed by atoms with van der Waals surface area (Å²) in [6.45, 7) is 0. The fourth-order valence-electron chi connectivity index (χ4n) is 2.59. The van der Waals surface area contributed by atoms with Crippen LogP contribution < -0.4 is 9.47 Å². The van der Waals surface area contributed by atoms with Crippen LogP contribution in [-0.4, -0.2) is 40.5 Å². The van der Waals surface area contributed by atoms with Gasteiger partial charge >= 0.3 is 0 Å². The van der Waals surface area contributed by atoms with E-state index in [1.807, 2.05) is 48.0 Å². The molecule has 2 aromatic carbocycles. The molecule has 0 amide bonds. The summed E-state index contributed by atoms with van der Waals surface area (Å²) in [5, 5.41) is 9.13. The van der Waals surface area contributed by atoms with Gasteiger partial charge in [0.05, 0.1) is 31.1 Å². The van der Waals surface area contributed by atoms with Gasteiger partial charge in [-0.3, -0.25) is 4.79 Å². The maximum Gasteiger partial charge on any atom is 0.191 e. The highest BCUT2D eigenvalue weighted by molar-refractivity contribution is 7.99. The Morgan fingerprint density at radius 3 is 2.38 bits per heavy atom. The van der Waals surface area contributed by atoms with Crippen molar-refractivity contribution < 1.29 is 14.3 Å². The summed E-state index contributed by atoms with van der Waals surface area (Å²) < 4.78 is 12.5. The van der Waals surface area contributed by atoms with Crippen LogP contribution >= 0.6 is 11.8 Å². The fourth-order valence-corrected chi connectivity index (χ4v) is 3.38. The summed E-state index contributed by atoms with van der Waals surface area (Å²) in [6, 6.07) is 14.8. The number of ketones is 1. The molecule has 0 fully saturated rings. The first kappa shape index (κ1) is 18.0. The predicted octanol–water partition coefficient (Wildman–Crippen LogP) is 3.47. The molecular weight excluding hydrogens is 350 g/mol. The summed E-state index contributed by atoms with van der Waals surface area (Å²) in [4.78, 5) is 12.5. The Balaban J connectivity index is 1.78. The number of para-hydroxylation sites is 2. The van der Waals surface area contributed by atoms with Crippen LogP contribution in [0.15, 0.2) is 53.7 Å². The molecule has 3 aromatic rings. The average Bonchev–Trinajstić information content (AvgIpc) is 3.06. The smallest absolute Gasteiger partial charge is 0.191 e. The van der Waals surface area contributed by atoms with Crippen molar-refractivity contribution in [1.82, 2.24) is 14.8 Å². The topological polar surface area (TPSA) is 66.2 Å². The van der Waals surface area contributed by atoms with Gasteiger partial charge < -0.3 is 14.0 Å². The SMILES string of the molecule is COc1ccccc1C(=O)CSc1nnc(-c2ccccc2OC)n1C. The second-order valence-corrected chi connectivity index (χ2v) is 6.42. The highest BCUT2D eigenvalue weighted by Gasteiger charge is 2.17. The quantitative estimate of drug-likeness (QED) is 0.469. The normalized spacial score (nSPS) is 10.6. The van der Waals surface area contributed by atoms with Crippen molar-refractivity contribution >= 4 is 17.5 Å². The largest absolute Gasteiger partial charge is 0.496 e. The zero-order valence-electron chi connectivity index (χ0n) is 14.8. The number of ether oxygens (including phenoxy) is 2. The molecule has 1 aromatic heterocycles. The standard InChI is InChI=1S/C19H19N3O3S/c1-22-18(14-9-5-7-11-17(14)25-3)20-21-19(22)26-12-15(23)13-8-4-6-10-16(13)24-2/h4-11H,12H2,1-3H3. The summed E-state index contributed by atoms with van der Waals surface area (Å²) in [6.07, 6.45) is 0. The molecule has 0 atom stereocenters. The first-order chi connectivity index (χ1) is 12.7. The predicted molar refractivity (Wildman–Crippen MR) is 101 cm³/mol. The molecule has 7 heteroatoms. The number of carbonyl (C=O) groups is 1. The molecule has 0 unspecified atom stereocenters. The van der Waals surface area contributed by atoms with Crippen molar-refractivity contribution in [3.05, 3.63) is 54.1 Å². The van der Waals surface area contributed by atoms with Gasteiger partial charge in [-0.2, -0.15) is 0 Å². The monoisotopic (exact) mass is 369 g/mol. The van der Waals surface area contributed by atoms with E-state index in [1.54, 1.807) is 26.4 Å². The van der Waals surface area contributed by atoms with Crippen molar-refractivity contribution in [2.75, 3.05) is 20.0 Å². The maximum absolute atomic E-state index is 12.5. The molecular formula is C19H19N3O3S. The highest BCUT2D eigenvalue weighted by Crippen LogP contribution is 2.30. The first-order valence-corrected chi connectivity index (χ1v) is 8.96. The third kappa shape index (κ3) is 3.57. The van der Waals surface area contributed by atoms with Gasteiger partial charge in [0.2, 0.25) is 0 Å². The molecule has 0 N–H and O–H groups in total. The number of aromatic nitrogens is 3. The molecule has 1 heterocycles. The van der Waals surface area contributed by atoms with E-state index >= 15 is 0 Å². The fraction of sp³-hybridized carbons (Fsp3) is 0.211. The van der Waals surface area contributed by atoms with Crippen LogP contribution in [0.1, 0.15) is 10.4 Å². The molecule has 0 aliphatic rings. The second kappa shape index (κ2) is 8.05. The van der Waals surface area contributed by atoms with E-state index in [0.29, 0.717) is 22.3 Å². The van der Waals surface area contributed by atoms with Gasteiger partial charge in [0, 0.05) is 7.05 Å². The number of methoxy groups -OCH3 is 2. The van der Waals surface area contributed by atoms with E-state index in [2.05, 4.69) is 10.2 Å². The zero-order valence-corrected chi connectivity index (χ0v) is 15.6. The van der Waals surface area contributed by atoms with Crippen molar-refractivity contribution in [3.63, 3.8) is 0 Å². The molecule has 0 aliphatic heterocycles. The van der Waals surface area contributed by atoms with Crippen LogP contribution in [-0.2, 0) is 7.05 Å². The molecule has 134 valence electrons. The van der Waals surface area contributed by atoms with Gasteiger partial charge in [-0.25, -0.2) is 0 Å². The number of carbonyl (C=O) groups excluding carboxylic acids is 1. The lowest BCUT2D eigenvalue weighted by atomic mass is 10.1. The molecule has 0 aliphatic carbocycles. The molecule has 0 bridgehead atoms. The average molecular weight is 369 g/mol. The second-order valence-electron chi connectivity index (χ2n) is 5.48. The molecule has 0 spiro atoms. The van der Waals surface area contributed by atoms with Crippen molar-refractivity contribution in [2.45, 2.75) is 5.16 Å². The minimum absolute atomic E-state index is 0.0192. The first-order valence-electron chi connectivity index (χ1n) is 7.97. The van der Waals surface area contributed by atoms with Gasteiger partial charge in [-0.1, -0.05) is 36.0 Å². The van der Waals surface area contributed by atoms with Crippen LogP contribution in [0.2, 0.25) is 0 Å². The van der Waals surface area contributed by atoms with Crippen LogP contribution in [0.25, 0.3) is 11.4 Å². The molecule has 26 heavy (non-hydrogen) atoms. The third-order valence-corrected chi connectivity index (χ3v) is 4.94. The summed E-state index contributed by atoms with van der Waals surface area (Å²) >= 11 is 1.34. The lowest BCUT2D eigenvalue weighted by Crippen LogP contribution is -2.06. The number of thioether (sulfide) groups is 1. The molecule has 0 radical (unpaired) electrons. The minimum atomic E-state index is -0.0192. The number of rotatable bonds is 7. The van der Waals surface area contributed by atoms with Gasteiger partial charge in [0.15, 0.2) is 16.8 Å². The number of hydrogen-bond donors (Lipinski definition) is 0. The Bertz CT molecular complexity index is 924. The Kier molecular flexibility index (Phi) is 5.58. The molecule has 6 nitrogen and oxygen atoms in total. The number of benzene rings is 2. The highest BCUT2D eigenvalue weighted by atomic mass is 32.2. The van der Waals surface area contributed by atoms with Crippen LogP contribution in [0.4, 0.5) is 0 Å². The van der Waals surface area contributed by atoms with E-state index < -0.39 is 0 Å². The van der Waals surface area contributed by atoms with E-state index in [1.165, 1.54) is 11.8 Å². The molecule has 3 rings (SSSR count). The Morgan fingerprint density at radius 2 is 1.65 bits per heavy atom. The maximum atomic E-state index is 12.5. The van der Waals surface area contributed by atoms with Crippen molar-refractivity contribution in [1.29, 1.82) is 0 Å². The van der Waals surface area contributed by atoms with E-state index in [-0.39, 0.29) is 11.5 Å². The third-order valence-electron chi connectivity index (χ3n) is 3.92. The van der Waals surface area contributed by atoms with E-state index in [0.717, 1.165) is 11.3 Å². The van der Waals surface area contributed by atoms with Gasteiger partial charge in [-0.05, 0) is 24.3 Å². The Morgan fingerprint density at radius 1 is 1.00 bits per heavy atom. The summed E-state index contributed by atoms with van der Waals surface area (Å²) in [5.74, 6) is 2.22. The van der Waals surface area contributed by atoms with Gasteiger partial charge in [0.25, 0.3) is 0 Å². The summed E-state index contributed by atoms with van der Waals surface area (Å²) in [5.41, 5.74) is 1.42. The number of hydrogen-bond acceptors (Lipinski definition) is 6. The lowest BCUT2D eigenvalue weighted by Gasteiger charge is -2.08. The zero-order chi connectivity index (χ0) is 18.5. The Hall–Kier alpha value is -2.80. The van der Waals surface area contributed by atoms with E-state index in [9.17, 15) is 4.79 Å². The molecule has 0 saturated heterocycles. The number of Topliss-reactive ketones (excluding diaryl/α,β-unsaturated/α-hetero) is 1. The van der Waals surface area contributed by atoms with Gasteiger partial charge in [0.1, 0.15) is 11.5 Å². The van der Waals surface area contributed by atoms with Crippen LogP contribution in [0.3, 0.4) is 0 Å². The minimum Gasteiger partial charge on any atom is -0.496 e.